The molecule has 8 heteroatoms. The highest BCUT2D eigenvalue weighted by Crippen LogP contribution is 1.93. The first kappa shape index (κ1) is 21.9. The van der Waals surface area contributed by atoms with Crippen molar-refractivity contribution in [2.45, 2.75) is 13.1 Å². The van der Waals surface area contributed by atoms with Gasteiger partial charge in [-0.15, -0.1) is 0 Å². The van der Waals surface area contributed by atoms with Gasteiger partial charge in [-0.05, 0) is 12.2 Å². The van der Waals surface area contributed by atoms with Crippen LogP contribution in [0, 0.1) is 0 Å². The van der Waals surface area contributed by atoms with Crippen molar-refractivity contribution in [3.05, 3.63) is 72.3 Å². The Morgan fingerprint density at radius 1 is 1.00 bits per heavy atom. The number of hydrogen-bond donors (Lipinski definition) is 2. The molecule has 6 nitrogen and oxygen atoms in total. The first-order chi connectivity index (χ1) is 10.7. The van der Waals surface area contributed by atoms with Gasteiger partial charge in [-0.3, -0.25) is 4.79 Å². The van der Waals surface area contributed by atoms with Crippen molar-refractivity contribution in [2.24, 2.45) is 10.9 Å². The number of carbonyl (C=O) groups excluding carboxylic acids is 1. The Kier molecular flexibility index (Phi) is 10.5. The second-order valence-corrected chi connectivity index (χ2v) is 4.69. The molecule has 0 aromatic carbocycles. The van der Waals surface area contributed by atoms with Gasteiger partial charge in [0.05, 0.1) is 11.8 Å². The Balaban J connectivity index is 0.00000264. The molecule has 1 amide bonds. The highest BCUT2D eigenvalue weighted by molar-refractivity contribution is 5.92. The number of allylic oxidation sites excluding steroid dienone is 2. The SMILES string of the molecule is NC(=O)c1cc[n+](C/C=C\C[n+]2ccc(/C=N/O)cc2)cc1.[Br-].[Br-]. The lowest BCUT2D eigenvalue weighted by Crippen LogP contribution is -3.00. The van der Waals surface area contributed by atoms with E-state index in [1.165, 1.54) is 6.21 Å². The minimum atomic E-state index is -0.422. The van der Waals surface area contributed by atoms with Gasteiger partial charge in [-0.1, -0.05) is 5.16 Å². The number of nitrogens with zero attached hydrogens (tertiary/aromatic N) is 3. The molecule has 0 spiro atoms. The van der Waals surface area contributed by atoms with Gasteiger partial charge < -0.3 is 44.9 Å². The summed E-state index contributed by atoms with van der Waals surface area (Å²) in [6.07, 6.45) is 12.9. The Bertz CT molecular complexity index is 686. The fraction of sp³-hybridized carbons (Fsp3) is 0.125. The van der Waals surface area contributed by atoms with Gasteiger partial charge in [0, 0.05) is 29.8 Å². The normalized spacial score (nSPS) is 10.3. The average molecular weight is 458 g/mol. The second kappa shape index (κ2) is 11.5. The lowest BCUT2D eigenvalue weighted by molar-refractivity contribution is -0.691. The van der Waals surface area contributed by atoms with Gasteiger partial charge in [0.2, 0.25) is 5.91 Å². The first-order valence-electron chi connectivity index (χ1n) is 6.79. The van der Waals surface area contributed by atoms with Gasteiger partial charge >= 0.3 is 0 Å². The third kappa shape index (κ3) is 7.01. The van der Waals surface area contributed by atoms with Gasteiger partial charge in [0.1, 0.15) is 0 Å². The standard InChI is InChI=1S/C16H16N4O2.2BrH/c17-16(21)15-5-11-20(12-6-15)8-2-1-7-19-9-3-14(4-10-19)13-18-22;;/h1-6,9-13H,7-8H2,(H-,17,21);2*1H/b2-1-;;. The predicted octanol–water partition coefficient (Wildman–Crippen LogP) is -5.57. The van der Waals surface area contributed by atoms with E-state index in [0.717, 1.165) is 18.7 Å². The number of pyridine rings is 2. The third-order valence-electron chi connectivity index (χ3n) is 3.10. The largest absolute Gasteiger partial charge is 1.00 e. The maximum Gasteiger partial charge on any atom is 0.249 e. The highest BCUT2D eigenvalue weighted by atomic mass is 79.9. The summed E-state index contributed by atoms with van der Waals surface area (Å²) in [5, 5.41) is 11.4. The quantitative estimate of drug-likeness (QED) is 0.149. The van der Waals surface area contributed by atoms with Crippen molar-refractivity contribution in [1.29, 1.82) is 0 Å². The molecule has 0 unspecified atom stereocenters. The van der Waals surface area contributed by atoms with Crippen LogP contribution in [0.2, 0.25) is 0 Å². The van der Waals surface area contributed by atoms with Gasteiger partial charge in [0.25, 0.3) is 0 Å². The third-order valence-corrected chi connectivity index (χ3v) is 3.10. The molecule has 0 aliphatic carbocycles. The van der Waals surface area contributed by atoms with Crippen LogP contribution < -0.4 is 48.8 Å². The molecule has 0 fully saturated rings. The van der Waals surface area contributed by atoms with Crippen LogP contribution in [-0.4, -0.2) is 17.3 Å². The lowest BCUT2D eigenvalue weighted by Gasteiger charge is -1.95. The minimum absolute atomic E-state index is 0. The van der Waals surface area contributed by atoms with E-state index in [9.17, 15) is 4.79 Å². The van der Waals surface area contributed by atoms with Crippen LogP contribution in [0.4, 0.5) is 0 Å². The number of halogens is 2. The number of hydrogen-bond acceptors (Lipinski definition) is 3. The lowest BCUT2D eigenvalue weighted by atomic mass is 10.2. The molecule has 0 radical (unpaired) electrons. The Labute approximate surface area is 161 Å². The summed E-state index contributed by atoms with van der Waals surface area (Å²) in [6.45, 7) is 1.46. The van der Waals surface area contributed by atoms with E-state index in [1.54, 1.807) is 12.1 Å². The monoisotopic (exact) mass is 456 g/mol. The van der Waals surface area contributed by atoms with Crippen molar-refractivity contribution < 1.29 is 53.1 Å². The van der Waals surface area contributed by atoms with Gasteiger partial charge in [-0.25, -0.2) is 9.13 Å². The molecule has 2 heterocycles. The van der Waals surface area contributed by atoms with E-state index >= 15 is 0 Å². The molecule has 24 heavy (non-hydrogen) atoms. The molecule has 0 aliphatic rings. The van der Waals surface area contributed by atoms with Crippen molar-refractivity contribution in [2.75, 3.05) is 0 Å². The molecule has 2 aromatic rings. The van der Waals surface area contributed by atoms with Crippen LogP contribution in [0.25, 0.3) is 0 Å². The predicted molar refractivity (Wildman–Crippen MR) is 80.3 cm³/mol. The van der Waals surface area contributed by atoms with E-state index in [1.807, 2.05) is 52.1 Å². The topological polar surface area (TPSA) is 83.4 Å². The van der Waals surface area contributed by atoms with Crippen LogP contribution in [0.5, 0.6) is 0 Å². The van der Waals surface area contributed by atoms with Crippen LogP contribution >= 0.6 is 0 Å². The average Bonchev–Trinajstić information content (AvgIpc) is 2.54. The number of rotatable bonds is 6. The second-order valence-electron chi connectivity index (χ2n) is 4.69. The number of amides is 1. The highest BCUT2D eigenvalue weighted by Gasteiger charge is 2.03. The molecule has 0 saturated carbocycles. The van der Waals surface area contributed by atoms with Crippen LogP contribution in [-0.2, 0) is 13.1 Å². The van der Waals surface area contributed by atoms with E-state index in [0.29, 0.717) is 5.56 Å². The molecule has 0 atom stereocenters. The number of oxime groups is 1. The molecule has 0 aliphatic heterocycles. The molecule has 3 N–H and O–H groups in total. The van der Waals surface area contributed by atoms with Crippen LogP contribution in [0.1, 0.15) is 15.9 Å². The fourth-order valence-corrected chi connectivity index (χ4v) is 1.88. The maximum atomic E-state index is 11.0. The number of nitrogens with two attached hydrogens (primary N) is 1. The van der Waals surface area contributed by atoms with E-state index in [4.69, 9.17) is 10.9 Å². The Morgan fingerprint density at radius 2 is 1.46 bits per heavy atom. The summed E-state index contributed by atoms with van der Waals surface area (Å²) in [4.78, 5) is 11.0. The Hall–Kier alpha value is -2.06. The molecule has 128 valence electrons. The zero-order chi connectivity index (χ0) is 15.8. The van der Waals surface area contributed by atoms with Gasteiger partial charge in [0.15, 0.2) is 37.9 Å². The van der Waals surface area contributed by atoms with Crippen LogP contribution in [0.15, 0.2) is 66.4 Å². The molecular formula is C16H18Br2N4O2. The zero-order valence-electron chi connectivity index (χ0n) is 12.8. The van der Waals surface area contributed by atoms with Crippen LogP contribution in [0.3, 0.4) is 0 Å². The molecule has 2 aromatic heterocycles. The summed E-state index contributed by atoms with van der Waals surface area (Å²) >= 11 is 0. The van der Waals surface area contributed by atoms with E-state index < -0.39 is 5.91 Å². The smallest absolute Gasteiger partial charge is 0.249 e. The van der Waals surface area contributed by atoms with E-state index in [-0.39, 0.29) is 34.0 Å². The summed E-state index contributed by atoms with van der Waals surface area (Å²) in [5.41, 5.74) is 6.54. The fourth-order valence-electron chi connectivity index (χ4n) is 1.88. The number of primary amides is 1. The van der Waals surface area contributed by atoms with E-state index in [2.05, 4.69) is 11.2 Å². The van der Waals surface area contributed by atoms with Crippen molar-refractivity contribution in [3.8, 4) is 0 Å². The first-order valence-corrected chi connectivity index (χ1v) is 6.79. The molecular weight excluding hydrogens is 440 g/mol. The molecule has 0 bridgehead atoms. The number of carbonyl (C=O) groups is 1. The maximum absolute atomic E-state index is 11.0. The summed E-state index contributed by atoms with van der Waals surface area (Å²) in [7, 11) is 0. The van der Waals surface area contributed by atoms with Crippen molar-refractivity contribution >= 4 is 12.1 Å². The van der Waals surface area contributed by atoms with Crippen molar-refractivity contribution in [1.82, 2.24) is 0 Å². The summed E-state index contributed by atoms with van der Waals surface area (Å²) in [6, 6.07) is 7.13. The summed E-state index contributed by atoms with van der Waals surface area (Å²) < 4.78 is 3.96. The molecule has 2 rings (SSSR count). The molecule has 0 saturated heterocycles. The summed E-state index contributed by atoms with van der Waals surface area (Å²) in [5.74, 6) is -0.422. The minimum Gasteiger partial charge on any atom is -1.00 e. The Morgan fingerprint density at radius 3 is 1.88 bits per heavy atom. The van der Waals surface area contributed by atoms with Crippen molar-refractivity contribution in [3.63, 3.8) is 0 Å². The van der Waals surface area contributed by atoms with Gasteiger partial charge in [-0.2, -0.15) is 0 Å². The zero-order valence-corrected chi connectivity index (χ0v) is 16.0. The number of aromatic nitrogens is 2.